The molecule has 160 valence electrons. The van der Waals surface area contributed by atoms with Gasteiger partial charge in [-0.2, -0.15) is 0 Å². The molecule has 2 heterocycles. The third-order valence-corrected chi connectivity index (χ3v) is 7.10. The fraction of sp³-hybridized carbons (Fsp3) is 0.292. The molecule has 1 atom stereocenters. The van der Waals surface area contributed by atoms with Gasteiger partial charge in [0.2, 0.25) is 0 Å². The standard InChI is InChI=1S/C24H27N5S2/c1-4-21(28(2)3)22-26-27-24(29(22)15-18-11-7-5-8-12-18)31-17-20-16-30-23(25-20)19-13-9-6-10-14-19/h5-14,16,21H,4,15,17H2,1-3H3/t21-/m0/s1. The van der Waals surface area contributed by atoms with Crippen LogP contribution in [-0.2, 0) is 12.3 Å². The lowest BCUT2D eigenvalue weighted by atomic mass is 10.2. The summed E-state index contributed by atoms with van der Waals surface area (Å²) in [6.45, 7) is 2.96. The molecule has 0 aliphatic carbocycles. The summed E-state index contributed by atoms with van der Waals surface area (Å²) in [6.07, 6.45) is 0.983. The zero-order chi connectivity index (χ0) is 21.6. The fourth-order valence-corrected chi connectivity index (χ4v) is 5.34. The predicted octanol–water partition coefficient (Wildman–Crippen LogP) is 5.75. The predicted molar refractivity (Wildman–Crippen MR) is 129 cm³/mol. The van der Waals surface area contributed by atoms with Crippen LogP contribution in [-0.4, -0.2) is 38.7 Å². The van der Waals surface area contributed by atoms with E-state index in [1.165, 1.54) is 5.56 Å². The van der Waals surface area contributed by atoms with Gasteiger partial charge in [0.15, 0.2) is 11.0 Å². The van der Waals surface area contributed by atoms with Crippen LogP contribution >= 0.6 is 23.1 Å². The lowest BCUT2D eigenvalue weighted by molar-refractivity contribution is 0.272. The van der Waals surface area contributed by atoms with E-state index in [4.69, 9.17) is 4.98 Å². The molecule has 31 heavy (non-hydrogen) atoms. The molecule has 0 unspecified atom stereocenters. The first-order valence-corrected chi connectivity index (χ1v) is 12.3. The van der Waals surface area contributed by atoms with Gasteiger partial charge in [0, 0.05) is 16.7 Å². The Balaban J connectivity index is 1.56. The first-order valence-electron chi connectivity index (χ1n) is 10.4. The average Bonchev–Trinajstić information content (AvgIpc) is 3.42. The maximum atomic E-state index is 4.83. The molecular formula is C24H27N5S2. The van der Waals surface area contributed by atoms with Gasteiger partial charge in [-0.05, 0) is 26.1 Å². The number of hydrogen-bond acceptors (Lipinski definition) is 6. The maximum absolute atomic E-state index is 4.83. The molecule has 0 radical (unpaired) electrons. The summed E-state index contributed by atoms with van der Waals surface area (Å²) in [5.74, 6) is 1.79. The molecule has 5 nitrogen and oxygen atoms in total. The number of benzene rings is 2. The van der Waals surface area contributed by atoms with Crippen molar-refractivity contribution in [1.29, 1.82) is 0 Å². The van der Waals surface area contributed by atoms with Crippen molar-refractivity contribution in [2.24, 2.45) is 0 Å². The van der Waals surface area contributed by atoms with Crippen LogP contribution in [0.25, 0.3) is 10.6 Å². The van der Waals surface area contributed by atoms with E-state index in [-0.39, 0.29) is 6.04 Å². The van der Waals surface area contributed by atoms with Crippen LogP contribution < -0.4 is 0 Å². The minimum atomic E-state index is 0.231. The topological polar surface area (TPSA) is 46.8 Å². The number of hydrogen-bond donors (Lipinski definition) is 0. The second kappa shape index (κ2) is 10.2. The van der Waals surface area contributed by atoms with Gasteiger partial charge in [0.25, 0.3) is 0 Å². The third-order valence-electron chi connectivity index (χ3n) is 5.16. The van der Waals surface area contributed by atoms with Crippen LogP contribution in [0.2, 0.25) is 0 Å². The van der Waals surface area contributed by atoms with Crippen LogP contribution in [0.3, 0.4) is 0 Å². The number of thioether (sulfide) groups is 1. The normalized spacial score (nSPS) is 12.4. The Labute approximate surface area is 192 Å². The summed E-state index contributed by atoms with van der Waals surface area (Å²) in [5, 5.41) is 13.3. The molecule has 0 spiro atoms. The molecule has 0 N–H and O–H groups in total. The van der Waals surface area contributed by atoms with E-state index < -0.39 is 0 Å². The van der Waals surface area contributed by atoms with Crippen LogP contribution in [0.4, 0.5) is 0 Å². The minimum absolute atomic E-state index is 0.231. The molecule has 0 fully saturated rings. The van der Waals surface area contributed by atoms with E-state index in [1.807, 2.05) is 24.3 Å². The van der Waals surface area contributed by atoms with Crippen molar-refractivity contribution in [3.63, 3.8) is 0 Å². The molecule has 0 aliphatic heterocycles. The summed E-state index contributed by atoms with van der Waals surface area (Å²) in [5.41, 5.74) is 3.48. The van der Waals surface area contributed by atoms with Crippen molar-refractivity contribution < 1.29 is 0 Å². The second-order valence-corrected chi connectivity index (χ2v) is 9.40. The number of rotatable bonds is 9. The first-order chi connectivity index (χ1) is 15.2. The molecule has 4 aromatic rings. The van der Waals surface area contributed by atoms with E-state index in [9.17, 15) is 0 Å². The highest BCUT2D eigenvalue weighted by molar-refractivity contribution is 7.98. The Morgan fingerprint density at radius 3 is 2.39 bits per heavy atom. The van der Waals surface area contributed by atoms with Crippen LogP contribution in [0.15, 0.2) is 71.2 Å². The molecule has 0 bridgehead atoms. The van der Waals surface area contributed by atoms with Gasteiger partial charge in [-0.15, -0.1) is 21.5 Å². The Bertz CT molecular complexity index is 1090. The molecule has 7 heteroatoms. The number of thiazole rings is 1. The zero-order valence-electron chi connectivity index (χ0n) is 18.1. The van der Waals surface area contributed by atoms with Gasteiger partial charge < -0.3 is 4.57 Å². The highest BCUT2D eigenvalue weighted by Gasteiger charge is 2.22. The summed E-state index contributed by atoms with van der Waals surface area (Å²) in [4.78, 5) is 7.04. The SMILES string of the molecule is CC[C@@H](c1nnc(SCc2csc(-c3ccccc3)n2)n1Cc1ccccc1)N(C)C. The smallest absolute Gasteiger partial charge is 0.191 e. The molecule has 4 rings (SSSR count). The second-order valence-electron chi connectivity index (χ2n) is 7.60. The van der Waals surface area contributed by atoms with Gasteiger partial charge in [0.1, 0.15) is 5.01 Å². The van der Waals surface area contributed by atoms with Crippen molar-refractivity contribution >= 4 is 23.1 Å². The highest BCUT2D eigenvalue weighted by atomic mass is 32.2. The molecule has 2 aromatic heterocycles. The quantitative estimate of drug-likeness (QED) is 0.304. The number of nitrogens with zero attached hydrogens (tertiary/aromatic N) is 5. The molecular weight excluding hydrogens is 422 g/mol. The Morgan fingerprint density at radius 1 is 1.00 bits per heavy atom. The lowest BCUT2D eigenvalue weighted by Crippen LogP contribution is -2.23. The Morgan fingerprint density at radius 2 is 1.71 bits per heavy atom. The van der Waals surface area contributed by atoms with Crippen molar-refractivity contribution in [1.82, 2.24) is 24.6 Å². The monoisotopic (exact) mass is 449 g/mol. The lowest BCUT2D eigenvalue weighted by Gasteiger charge is -2.23. The highest BCUT2D eigenvalue weighted by Crippen LogP contribution is 2.30. The van der Waals surface area contributed by atoms with Crippen LogP contribution in [0.5, 0.6) is 0 Å². The Hall–Kier alpha value is -2.48. The summed E-state index contributed by atoms with van der Waals surface area (Å²) in [7, 11) is 4.20. The van der Waals surface area contributed by atoms with E-state index in [1.54, 1.807) is 23.1 Å². The van der Waals surface area contributed by atoms with E-state index in [2.05, 4.69) is 82.5 Å². The molecule has 2 aromatic carbocycles. The van der Waals surface area contributed by atoms with Crippen molar-refractivity contribution in [2.45, 2.75) is 36.8 Å². The van der Waals surface area contributed by atoms with Gasteiger partial charge in [-0.1, -0.05) is 79.3 Å². The largest absolute Gasteiger partial charge is 0.300 e. The van der Waals surface area contributed by atoms with E-state index >= 15 is 0 Å². The number of aromatic nitrogens is 4. The van der Waals surface area contributed by atoms with Gasteiger partial charge in [-0.25, -0.2) is 4.98 Å². The van der Waals surface area contributed by atoms with Crippen molar-refractivity contribution in [3.05, 3.63) is 83.1 Å². The van der Waals surface area contributed by atoms with Gasteiger partial charge >= 0.3 is 0 Å². The molecule has 0 saturated heterocycles. The van der Waals surface area contributed by atoms with Gasteiger partial charge in [-0.3, -0.25) is 4.90 Å². The average molecular weight is 450 g/mol. The summed E-state index contributed by atoms with van der Waals surface area (Å²) >= 11 is 3.39. The molecule has 0 amide bonds. The maximum Gasteiger partial charge on any atom is 0.191 e. The van der Waals surface area contributed by atoms with Gasteiger partial charge in [0.05, 0.1) is 18.3 Å². The van der Waals surface area contributed by atoms with E-state index in [0.717, 1.165) is 46.0 Å². The third kappa shape index (κ3) is 5.23. The molecule has 0 saturated carbocycles. The van der Waals surface area contributed by atoms with E-state index in [0.29, 0.717) is 0 Å². The van der Waals surface area contributed by atoms with Crippen molar-refractivity contribution in [3.8, 4) is 10.6 Å². The first kappa shape index (κ1) is 21.7. The summed E-state index contributed by atoms with van der Waals surface area (Å²) in [6, 6.07) is 21.1. The van der Waals surface area contributed by atoms with Crippen LogP contribution in [0, 0.1) is 0 Å². The summed E-state index contributed by atoms with van der Waals surface area (Å²) < 4.78 is 2.26. The van der Waals surface area contributed by atoms with Crippen LogP contribution in [0.1, 0.15) is 36.5 Å². The zero-order valence-corrected chi connectivity index (χ0v) is 19.7. The Kier molecular flexibility index (Phi) is 7.17. The molecule has 0 aliphatic rings. The van der Waals surface area contributed by atoms with Crippen molar-refractivity contribution in [2.75, 3.05) is 14.1 Å². The fourth-order valence-electron chi connectivity index (χ4n) is 3.57. The minimum Gasteiger partial charge on any atom is -0.300 e.